The van der Waals surface area contributed by atoms with E-state index in [1.165, 1.54) is 56.9 Å². The molecule has 0 N–H and O–H groups in total. The quantitative estimate of drug-likeness (QED) is 0.270. The van der Waals surface area contributed by atoms with Crippen LogP contribution in [-0.4, -0.2) is 12.1 Å². The van der Waals surface area contributed by atoms with Crippen LogP contribution in [0.25, 0.3) is 0 Å². The summed E-state index contributed by atoms with van der Waals surface area (Å²) in [6, 6.07) is 9.54. The Morgan fingerprint density at radius 3 is 2.36 bits per heavy atom. The molecule has 1 aromatic rings. The summed E-state index contributed by atoms with van der Waals surface area (Å²) in [6.45, 7) is 19.7. The van der Waals surface area contributed by atoms with Crippen molar-refractivity contribution < 1.29 is 9.53 Å². The Kier molecular flexibility index (Phi) is 7.52. The summed E-state index contributed by atoms with van der Waals surface area (Å²) in [4.78, 5) is 13.0. The van der Waals surface area contributed by atoms with Gasteiger partial charge >= 0.3 is 5.97 Å². The lowest BCUT2D eigenvalue weighted by Gasteiger charge is -2.62. The minimum atomic E-state index is -0.162. The summed E-state index contributed by atoms with van der Waals surface area (Å²) < 4.78 is 6.26. The van der Waals surface area contributed by atoms with Crippen molar-refractivity contribution in [3.05, 3.63) is 58.7 Å². The van der Waals surface area contributed by atoms with Crippen LogP contribution in [0.4, 0.5) is 0 Å². The van der Waals surface area contributed by atoms with Crippen LogP contribution < -0.4 is 0 Å². The van der Waals surface area contributed by atoms with Gasteiger partial charge < -0.3 is 4.74 Å². The summed E-state index contributed by atoms with van der Waals surface area (Å²) >= 11 is 0. The molecule has 0 amide bonds. The normalized spacial score (nSPS) is 37.8. The van der Waals surface area contributed by atoms with Gasteiger partial charge in [-0.1, -0.05) is 82.5 Å². The van der Waals surface area contributed by atoms with Crippen LogP contribution in [0.5, 0.6) is 0 Å². The number of carbonyl (C=O) groups excluding carboxylic acids is 1. The summed E-state index contributed by atoms with van der Waals surface area (Å²) in [5.41, 5.74) is 6.74. The number of ether oxygens (including phenoxy) is 1. The number of esters is 1. The fourth-order valence-corrected chi connectivity index (χ4v) is 10.4. The summed E-state index contributed by atoms with van der Waals surface area (Å²) in [7, 11) is 0. The molecule has 4 aliphatic carbocycles. The van der Waals surface area contributed by atoms with Crippen LogP contribution >= 0.6 is 0 Å². The van der Waals surface area contributed by atoms with E-state index < -0.39 is 0 Å². The van der Waals surface area contributed by atoms with E-state index >= 15 is 0 Å². The van der Waals surface area contributed by atoms with E-state index in [4.69, 9.17) is 4.74 Å². The van der Waals surface area contributed by atoms with Gasteiger partial charge in [0.2, 0.25) is 0 Å². The first-order valence-corrected chi connectivity index (χ1v) is 16.0. The Hall–Kier alpha value is -1.83. The number of hydrogen-bond acceptors (Lipinski definition) is 2. The predicted molar refractivity (Wildman–Crippen MR) is 163 cm³/mol. The molecule has 2 heteroatoms. The average Bonchev–Trinajstić information content (AvgIpc) is 3.17. The molecule has 2 fully saturated rings. The van der Waals surface area contributed by atoms with E-state index in [0.29, 0.717) is 22.3 Å². The highest BCUT2D eigenvalue weighted by Gasteiger charge is 2.63. The fourth-order valence-electron chi connectivity index (χ4n) is 10.4. The van der Waals surface area contributed by atoms with Crippen LogP contribution in [0.15, 0.2) is 53.1 Å². The van der Waals surface area contributed by atoms with Gasteiger partial charge in [0.25, 0.3) is 0 Å². The van der Waals surface area contributed by atoms with Crippen molar-refractivity contribution in [2.75, 3.05) is 0 Å². The molecule has 2 nitrogen and oxygen atoms in total. The summed E-state index contributed by atoms with van der Waals surface area (Å²) in [5.74, 6) is 2.01. The third kappa shape index (κ3) is 4.57. The maximum atomic E-state index is 13.0. The van der Waals surface area contributed by atoms with E-state index in [2.05, 4.69) is 61.5 Å². The minimum Gasteiger partial charge on any atom is -0.458 e. The Morgan fingerprint density at radius 2 is 1.67 bits per heavy atom. The molecule has 1 aromatic carbocycles. The first-order chi connectivity index (χ1) is 18.3. The number of carbonyl (C=O) groups is 1. The maximum absolute atomic E-state index is 13.0. The maximum Gasteiger partial charge on any atom is 0.338 e. The number of fused-ring (bicyclic) bond motifs is 4. The molecule has 0 aliphatic heterocycles. The molecule has 7 atom stereocenters. The van der Waals surface area contributed by atoms with Gasteiger partial charge in [-0.25, -0.2) is 4.79 Å². The lowest BCUT2D eigenvalue weighted by Crippen LogP contribution is -2.55. The first-order valence-electron chi connectivity index (χ1n) is 16.0. The molecular formula is C37H54O2. The van der Waals surface area contributed by atoms with E-state index in [-0.39, 0.29) is 22.9 Å². The van der Waals surface area contributed by atoms with Gasteiger partial charge in [-0.3, -0.25) is 0 Å². The van der Waals surface area contributed by atoms with Crippen molar-refractivity contribution in [1.29, 1.82) is 0 Å². The van der Waals surface area contributed by atoms with E-state index in [1.54, 1.807) is 0 Å². The second kappa shape index (κ2) is 10.2. The molecule has 39 heavy (non-hydrogen) atoms. The third-order valence-electron chi connectivity index (χ3n) is 12.9. The largest absolute Gasteiger partial charge is 0.458 e. The van der Waals surface area contributed by atoms with Crippen LogP contribution in [0.3, 0.4) is 0 Å². The molecular weight excluding hydrogens is 476 g/mol. The van der Waals surface area contributed by atoms with Gasteiger partial charge in [0, 0.05) is 5.41 Å². The van der Waals surface area contributed by atoms with Gasteiger partial charge in [-0.2, -0.15) is 0 Å². The number of rotatable bonds is 6. The van der Waals surface area contributed by atoms with Crippen molar-refractivity contribution in [3.8, 4) is 0 Å². The number of benzene rings is 1. The lowest BCUT2D eigenvalue weighted by molar-refractivity contribution is -0.104. The Balaban J connectivity index is 1.38. The molecule has 0 saturated heterocycles. The van der Waals surface area contributed by atoms with Gasteiger partial charge in [0.1, 0.15) is 6.10 Å². The first kappa shape index (κ1) is 28.7. The predicted octanol–water partition coefficient (Wildman–Crippen LogP) is 10.3. The lowest BCUT2D eigenvalue weighted by atomic mass is 9.43. The average molecular weight is 531 g/mol. The highest BCUT2D eigenvalue weighted by atomic mass is 16.5. The van der Waals surface area contributed by atoms with Crippen LogP contribution in [0.1, 0.15) is 130 Å². The van der Waals surface area contributed by atoms with Gasteiger partial charge in [-0.05, 0) is 124 Å². The second-order valence-electron chi connectivity index (χ2n) is 15.3. The topological polar surface area (TPSA) is 26.3 Å². The SMILES string of the molecule is CC(C)=CCC[C@@H](C)[C@H]1CC[C@@]2(C)C3=C(CC[C@@]12C)[C@@]1(C)CCC(OC(=O)c2ccccc2)C(C)(C)C1CC3. The minimum absolute atomic E-state index is 0.0209. The van der Waals surface area contributed by atoms with Crippen molar-refractivity contribution in [2.24, 2.45) is 39.4 Å². The molecule has 0 aromatic heterocycles. The Labute approximate surface area is 239 Å². The second-order valence-corrected chi connectivity index (χ2v) is 15.3. The van der Waals surface area contributed by atoms with E-state index in [1.807, 2.05) is 41.5 Å². The highest BCUT2D eigenvalue weighted by Crippen LogP contribution is 2.72. The molecule has 4 aliphatic rings. The van der Waals surface area contributed by atoms with Crippen molar-refractivity contribution in [2.45, 2.75) is 126 Å². The molecule has 0 bridgehead atoms. The molecule has 214 valence electrons. The molecule has 0 heterocycles. The monoisotopic (exact) mass is 530 g/mol. The molecule has 0 spiro atoms. The highest BCUT2D eigenvalue weighted by molar-refractivity contribution is 5.89. The standard InChI is InChI=1S/C37H54O2/c1-25(2)13-12-14-26(3)28-19-23-37(8)30-17-18-31-34(4,5)32(39-33(38)27-15-10-9-11-16-27)21-22-35(31,6)29(30)20-24-36(28,37)7/h9-11,13,15-16,26,28,31-32H,12,14,17-24H2,1-8H3/t26-,28-,31?,32?,35-,36+,37+/m1/s1. The van der Waals surface area contributed by atoms with Crippen LogP contribution in [-0.2, 0) is 4.74 Å². The summed E-state index contributed by atoms with van der Waals surface area (Å²) in [6.07, 6.45) is 14.9. The Bertz CT molecular complexity index is 1140. The molecule has 0 radical (unpaired) electrons. The Morgan fingerprint density at radius 1 is 0.949 bits per heavy atom. The summed E-state index contributed by atoms with van der Waals surface area (Å²) in [5, 5.41) is 0. The molecule has 2 saturated carbocycles. The molecule has 5 rings (SSSR count). The van der Waals surface area contributed by atoms with Crippen LogP contribution in [0.2, 0.25) is 0 Å². The zero-order valence-electron chi connectivity index (χ0n) is 26.2. The van der Waals surface area contributed by atoms with Gasteiger partial charge in [-0.15, -0.1) is 0 Å². The zero-order valence-corrected chi connectivity index (χ0v) is 26.2. The third-order valence-corrected chi connectivity index (χ3v) is 12.9. The van der Waals surface area contributed by atoms with Gasteiger partial charge in [0.05, 0.1) is 5.56 Å². The van der Waals surface area contributed by atoms with Crippen molar-refractivity contribution >= 4 is 5.97 Å². The smallest absolute Gasteiger partial charge is 0.338 e. The van der Waals surface area contributed by atoms with E-state index in [0.717, 1.165) is 24.7 Å². The number of allylic oxidation sites excluding steroid dienone is 4. The zero-order chi connectivity index (χ0) is 28.2. The van der Waals surface area contributed by atoms with Crippen LogP contribution in [0, 0.1) is 39.4 Å². The van der Waals surface area contributed by atoms with Crippen molar-refractivity contribution in [1.82, 2.24) is 0 Å². The fraction of sp³-hybridized carbons (Fsp3) is 0.703. The van der Waals surface area contributed by atoms with E-state index in [9.17, 15) is 4.79 Å². The van der Waals surface area contributed by atoms with Gasteiger partial charge in [0.15, 0.2) is 0 Å². The molecule has 2 unspecified atom stereocenters. The number of hydrogen-bond donors (Lipinski definition) is 0. The van der Waals surface area contributed by atoms with Crippen molar-refractivity contribution in [3.63, 3.8) is 0 Å².